The average Bonchev–Trinajstić information content (AvgIpc) is 3.66. The molecule has 2 aromatic heterocycles. The third-order valence-electron chi connectivity index (χ3n) is 7.86. The van der Waals surface area contributed by atoms with E-state index < -0.39 is 86.0 Å². The molecule has 1 aliphatic rings. The van der Waals surface area contributed by atoms with E-state index >= 15 is 0 Å². The van der Waals surface area contributed by atoms with Crippen LogP contribution in [0, 0.1) is 29.1 Å². The summed E-state index contributed by atoms with van der Waals surface area (Å²) in [6, 6.07) is 2.56. The highest BCUT2D eigenvalue weighted by atomic mass is 31.2. The highest BCUT2D eigenvalue weighted by molar-refractivity contribution is 7.54. The van der Waals surface area contributed by atoms with Crippen LogP contribution in [0.15, 0.2) is 18.5 Å². The van der Waals surface area contributed by atoms with Crippen LogP contribution in [0.4, 0.5) is 5.82 Å². The van der Waals surface area contributed by atoms with Crippen LogP contribution in [-0.2, 0) is 56.7 Å². The standard InChI is InChI=1S/C32H46N7O12P/c1-16(2)27(40)36-26-22-12-11-21(39(22)35-15-34-26)23-24(49-28(41)17(3)4)25(50-29(42)18(5)6)32(13-33,51-23)14-48-52(45,37-19(7)30(43)46-9)38-20(8)31(44)47-10/h11-12,15-20,23-25H,14H2,1-10H3,(H2,37,38,45)(H,34,35,36,40)/t19-,20-,23-,24-,25-,32+/m0/s1. The van der Waals surface area contributed by atoms with Gasteiger partial charge < -0.3 is 33.5 Å². The zero-order valence-corrected chi connectivity index (χ0v) is 31.6. The predicted molar refractivity (Wildman–Crippen MR) is 181 cm³/mol. The van der Waals surface area contributed by atoms with Gasteiger partial charge in [0.15, 0.2) is 18.0 Å². The summed E-state index contributed by atoms with van der Waals surface area (Å²) in [5, 5.41) is 22.8. The highest BCUT2D eigenvalue weighted by Gasteiger charge is 2.62. The van der Waals surface area contributed by atoms with E-state index in [0.717, 1.165) is 14.2 Å². The van der Waals surface area contributed by atoms with Gasteiger partial charge in [-0.15, -0.1) is 0 Å². The quantitative estimate of drug-likeness (QED) is 0.126. The first kappa shape index (κ1) is 41.9. The number of methoxy groups -OCH3 is 2. The molecule has 0 aliphatic carbocycles. The molecular formula is C32H46N7O12P. The van der Waals surface area contributed by atoms with Crippen LogP contribution >= 0.6 is 7.67 Å². The first-order valence-electron chi connectivity index (χ1n) is 16.4. The number of aromatic nitrogens is 3. The molecule has 1 saturated heterocycles. The predicted octanol–water partition coefficient (Wildman–Crippen LogP) is 2.22. The van der Waals surface area contributed by atoms with Crippen molar-refractivity contribution in [2.75, 3.05) is 26.1 Å². The molecule has 3 heterocycles. The molecule has 0 unspecified atom stereocenters. The Kier molecular flexibility index (Phi) is 14.0. The SMILES string of the molecule is COC(=O)[C@H](C)NP(=O)(N[C@@H](C)C(=O)OC)OC[C@@]1(C#N)O[C@@H](c2ccc3c(NC(=O)C(C)C)ncnn23)[C@H](OC(=O)C(C)C)[C@@H]1OC(=O)C(C)C. The van der Waals surface area contributed by atoms with Crippen molar-refractivity contribution in [3.63, 3.8) is 0 Å². The summed E-state index contributed by atoms with van der Waals surface area (Å²) in [6.45, 7) is 11.4. The molecule has 19 nitrogen and oxygen atoms in total. The second-order valence-corrected chi connectivity index (χ2v) is 14.9. The first-order chi connectivity index (χ1) is 24.3. The van der Waals surface area contributed by atoms with Crippen molar-refractivity contribution >= 4 is 48.8 Å². The minimum atomic E-state index is -4.51. The van der Waals surface area contributed by atoms with Gasteiger partial charge in [-0.1, -0.05) is 41.5 Å². The van der Waals surface area contributed by atoms with Crippen molar-refractivity contribution < 1.29 is 56.7 Å². The Morgan fingerprint density at radius 1 is 0.904 bits per heavy atom. The second-order valence-electron chi connectivity index (χ2n) is 13.0. The lowest BCUT2D eigenvalue weighted by molar-refractivity contribution is -0.173. The van der Waals surface area contributed by atoms with Crippen LogP contribution in [0.3, 0.4) is 0 Å². The van der Waals surface area contributed by atoms with Gasteiger partial charge in [-0.2, -0.15) is 10.4 Å². The van der Waals surface area contributed by atoms with Crippen LogP contribution < -0.4 is 15.5 Å². The van der Waals surface area contributed by atoms with Crippen LogP contribution in [0.2, 0.25) is 0 Å². The number of amides is 1. The molecule has 3 N–H and O–H groups in total. The number of hydrogen-bond donors (Lipinski definition) is 3. The van der Waals surface area contributed by atoms with Gasteiger partial charge in [0.05, 0.1) is 31.7 Å². The van der Waals surface area contributed by atoms with E-state index in [9.17, 15) is 33.8 Å². The maximum absolute atomic E-state index is 14.3. The Balaban J connectivity index is 2.20. The van der Waals surface area contributed by atoms with E-state index in [1.807, 2.05) is 6.07 Å². The minimum Gasteiger partial charge on any atom is -0.468 e. The zero-order chi connectivity index (χ0) is 39.1. The molecule has 6 atom stereocenters. The normalized spacial score (nSPS) is 21.4. The van der Waals surface area contributed by atoms with Gasteiger partial charge in [-0.3, -0.25) is 28.5 Å². The minimum absolute atomic E-state index is 0.156. The van der Waals surface area contributed by atoms with Gasteiger partial charge in [0.2, 0.25) is 11.5 Å². The average molecular weight is 752 g/mol. The van der Waals surface area contributed by atoms with Gasteiger partial charge >= 0.3 is 31.5 Å². The maximum Gasteiger partial charge on any atom is 0.342 e. The van der Waals surface area contributed by atoms with Crippen molar-refractivity contribution in [3.8, 4) is 6.07 Å². The first-order valence-corrected chi connectivity index (χ1v) is 18.0. The number of nitrogens with zero attached hydrogens (tertiary/aromatic N) is 4. The molecule has 0 saturated carbocycles. The number of esters is 4. The van der Waals surface area contributed by atoms with Gasteiger partial charge in [0.25, 0.3) is 0 Å². The molecule has 2 aromatic rings. The number of hydrogen-bond acceptors (Lipinski definition) is 15. The summed E-state index contributed by atoms with van der Waals surface area (Å²) >= 11 is 0. The van der Waals surface area contributed by atoms with Gasteiger partial charge in [0, 0.05) is 5.92 Å². The molecule has 1 amide bonds. The number of carbonyl (C=O) groups excluding carboxylic acids is 5. The fraction of sp³-hybridized carbons (Fsp3) is 0.625. The van der Waals surface area contributed by atoms with E-state index in [4.69, 9.17) is 28.2 Å². The van der Waals surface area contributed by atoms with Crippen LogP contribution in [0.1, 0.15) is 67.2 Å². The fourth-order valence-electron chi connectivity index (χ4n) is 4.86. The molecule has 52 heavy (non-hydrogen) atoms. The summed E-state index contributed by atoms with van der Waals surface area (Å²) in [6.07, 6.45) is -3.42. The molecule has 0 aromatic carbocycles. The van der Waals surface area contributed by atoms with Crippen LogP contribution in [-0.4, -0.2) is 95.1 Å². The monoisotopic (exact) mass is 751 g/mol. The Morgan fingerprint density at radius 3 is 1.96 bits per heavy atom. The smallest absolute Gasteiger partial charge is 0.342 e. The molecule has 1 fully saturated rings. The van der Waals surface area contributed by atoms with Crippen molar-refractivity contribution in [2.45, 2.75) is 91.4 Å². The third-order valence-corrected chi connectivity index (χ3v) is 9.80. The Morgan fingerprint density at radius 2 is 1.46 bits per heavy atom. The molecule has 0 radical (unpaired) electrons. The summed E-state index contributed by atoms with van der Waals surface area (Å²) in [5.41, 5.74) is -1.83. The van der Waals surface area contributed by atoms with E-state index in [0.29, 0.717) is 5.52 Å². The summed E-state index contributed by atoms with van der Waals surface area (Å²) in [5.74, 6) is -5.12. The lowest BCUT2D eigenvalue weighted by Gasteiger charge is -2.32. The Hall–Kier alpha value is -4.47. The van der Waals surface area contributed by atoms with Crippen LogP contribution in [0.5, 0.6) is 0 Å². The summed E-state index contributed by atoms with van der Waals surface area (Å²) < 4.78 is 49.0. The summed E-state index contributed by atoms with van der Waals surface area (Å²) in [7, 11) is -2.29. The molecule has 20 heteroatoms. The van der Waals surface area contributed by atoms with Crippen molar-refractivity contribution in [1.29, 1.82) is 5.26 Å². The summed E-state index contributed by atoms with van der Waals surface area (Å²) in [4.78, 5) is 67.6. The van der Waals surface area contributed by atoms with Gasteiger partial charge in [-0.05, 0) is 26.0 Å². The van der Waals surface area contributed by atoms with Crippen molar-refractivity contribution in [2.24, 2.45) is 17.8 Å². The number of nitrogens with one attached hydrogen (secondary N) is 3. The lowest BCUT2D eigenvalue weighted by Crippen LogP contribution is -2.51. The Labute approximate surface area is 300 Å². The van der Waals surface area contributed by atoms with Crippen molar-refractivity contribution in [1.82, 2.24) is 24.8 Å². The van der Waals surface area contributed by atoms with Gasteiger partial charge in [-0.25, -0.2) is 19.7 Å². The largest absolute Gasteiger partial charge is 0.468 e. The molecule has 3 rings (SSSR count). The van der Waals surface area contributed by atoms with E-state index in [1.54, 1.807) is 47.6 Å². The Bertz CT molecular complexity index is 1710. The number of anilines is 1. The molecule has 286 valence electrons. The van der Waals surface area contributed by atoms with E-state index in [2.05, 4.69) is 25.6 Å². The highest BCUT2D eigenvalue weighted by Crippen LogP contribution is 2.48. The second kappa shape index (κ2) is 17.4. The molecule has 0 spiro atoms. The molecular weight excluding hydrogens is 705 g/mol. The number of fused-ring (bicyclic) bond motifs is 1. The van der Waals surface area contributed by atoms with Crippen molar-refractivity contribution in [3.05, 3.63) is 24.2 Å². The van der Waals surface area contributed by atoms with E-state index in [-0.39, 0.29) is 23.3 Å². The zero-order valence-electron chi connectivity index (χ0n) is 30.7. The molecule has 1 aliphatic heterocycles. The van der Waals surface area contributed by atoms with Gasteiger partial charge in [0.1, 0.15) is 42.7 Å². The number of nitriles is 1. The number of rotatable bonds is 16. The topological polar surface area (TPSA) is 248 Å². The van der Waals surface area contributed by atoms with Crippen LogP contribution in [0.25, 0.3) is 5.52 Å². The lowest BCUT2D eigenvalue weighted by atomic mass is 9.95. The number of carbonyl (C=O) groups is 5. The molecule has 0 bridgehead atoms. The fourth-order valence-corrected chi connectivity index (χ4v) is 6.69. The third kappa shape index (κ3) is 9.49. The number of ether oxygens (including phenoxy) is 5. The maximum atomic E-state index is 14.3. The van der Waals surface area contributed by atoms with E-state index in [1.165, 1.54) is 30.8 Å².